The maximum Gasteiger partial charge on any atom is 0.290 e. The quantitative estimate of drug-likeness (QED) is 0.123. The molecule has 0 bridgehead atoms. The van der Waals surface area contributed by atoms with Crippen LogP contribution in [-0.2, 0) is 32.3 Å². The number of amides is 4. The molecule has 2 saturated carbocycles. The number of thioether (sulfide) groups is 2. The van der Waals surface area contributed by atoms with Gasteiger partial charge in [-0.15, -0.1) is 0 Å². The fraction of sp³-hybridized carbons (Fsp3) is 0.478. The van der Waals surface area contributed by atoms with Crippen molar-refractivity contribution in [2.24, 2.45) is 11.8 Å². The van der Waals surface area contributed by atoms with Crippen LogP contribution in [-0.4, -0.2) is 49.7 Å². The van der Waals surface area contributed by atoms with Crippen molar-refractivity contribution in [1.82, 2.24) is 20.6 Å². The van der Waals surface area contributed by atoms with E-state index >= 15 is 0 Å². The summed E-state index contributed by atoms with van der Waals surface area (Å²) >= 11 is 2.11. The molecule has 5 unspecified atom stereocenters. The molecule has 2 saturated heterocycles. The Bertz CT molecular complexity index is 2210. The second kappa shape index (κ2) is 20.4. The zero-order chi connectivity index (χ0) is 42.2. The lowest BCUT2D eigenvalue weighted by Crippen LogP contribution is -2.26. The zero-order valence-corrected chi connectivity index (χ0v) is 36.4. The number of hydrogen-bond acceptors (Lipinski definition) is 12. The number of aryl methyl sites for hydroxylation is 4. The largest absolute Gasteiger partial charge is 0.441 e. The number of nitrogens with zero attached hydrogens (tertiary/aromatic N) is 2. The van der Waals surface area contributed by atoms with E-state index in [0.717, 1.165) is 128 Å². The van der Waals surface area contributed by atoms with Crippen molar-refractivity contribution in [2.75, 3.05) is 0 Å². The maximum absolute atomic E-state index is 11.7. The molecule has 60 heavy (non-hydrogen) atoms. The molecule has 318 valence electrons. The highest BCUT2D eigenvalue weighted by molar-refractivity contribution is 8.18. The molecule has 2 aromatic carbocycles. The van der Waals surface area contributed by atoms with Gasteiger partial charge >= 0.3 is 0 Å². The molecule has 5 atom stereocenters. The van der Waals surface area contributed by atoms with Gasteiger partial charge in [0.2, 0.25) is 17.7 Å². The first-order valence-electron chi connectivity index (χ1n) is 21.0. The predicted octanol–water partition coefficient (Wildman–Crippen LogP) is 10.5. The lowest BCUT2D eigenvalue weighted by Gasteiger charge is -2.29. The van der Waals surface area contributed by atoms with Gasteiger partial charge in [-0.05, 0) is 127 Å². The van der Waals surface area contributed by atoms with Crippen LogP contribution in [0.5, 0.6) is 0 Å². The van der Waals surface area contributed by atoms with E-state index in [4.69, 9.17) is 18.3 Å². The Morgan fingerprint density at radius 1 is 0.717 bits per heavy atom. The highest BCUT2D eigenvalue weighted by Gasteiger charge is 2.33. The third-order valence-electron chi connectivity index (χ3n) is 11.6. The zero-order valence-electron chi connectivity index (χ0n) is 34.8. The molecule has 0 spiro atoms. The second-order valence-corrected chi connectivity index (χ2v) is 18.5. The van der Waals surface area contributed by atoms with Crippen molar-refractivity contribution in [1.29, 1.82) is 0 Å². The Labute approximate surface area is 359 Å². The minimum atomic E-state index is -0.288. The number of hydrogen-bond donors (Lipinski definition) is 2. The minimum absolute atomic E-state index is 0.139. The normalized spacial score (nSPS) is 23.7. The summed E-state index contributed by atoms with van der Waals surface area (Å²) in [5.74, 6) is 3.43. The summed E-state index contributed by atoms with van der Waals surface area (Å²) in [6, 6.07) is 16.2. The summed E-state index contributed by atoms with van der Waals surface area (Å²) in [6.07, 6.45) is 13.3. The molecule has 2 aliphatic carbocycles. The average Bonchev–Trinajstić information content (AvgIpc) is 3.98. The van der Waals surface area contributed by atoms with Gasteiger partial charge in [0.1, 0.15) is 22.9 Å². The first-order valence-corrected chi connectivity index (χ1v) is 22.7. The molecule has 2 aromatic heterocycles. The fourth-order valence-corrected chi connectivity index (χ4v) is 9.79. The summed E-state index contributed by atoms with van der Waals surface area (Å²) in [6.45, 7) is 8.85. The minimum Gasteiger partial charge on any atom is -0.441 e. The monoisotopic (exact) mass is 854 g/mol. The highest BCUT2D eigenvalue weighted by Crippen LogP contribution is 2.35. The first kappa shape index (κ1) is 43.6. The number of rotatable bonds is 13. The lowest BCUT2D eigenvalue weighted by atomic mass is 9.84. The Hall–Kier alpha value is -4.50. The van der Waals surface area contributed by atoms with E-state index < -0.39 is 0 Å². The van der Waals surface area contributed by atoms with Gasteiger partial charge in [0, 0.05) is 11.1 Å². The van der Waals surface area contributed by atoms with Crippen LogP contribution >= 0.6 is 23.5 Å². The third-order valence-corrected chi connectivity index (χ3v) is 13.5. The van der Waals surface area contributed by atoms with Gasteiger partial charge in [-0.3, -0.25) is 29.8 Å². The van der Waals surface area contributed by atoms with Crippen LogP contribution in [0.1, 0.15) is 105 Å². The molecular weight excluding hydrogens is 801 g/mol. The van der Waals surface area contributed by atoms with Crippen LogP contribution in [0.25, 0.3) is 22.9 Å². The van der Waals surface area contributed by atoms with Gasteiger partial charge < -0.3 is 18.3 Å². The number of nitrogens with one attached hydrogen (secondary N) is 2. The van der Waals surface area contributed by atoms with Crippen LogP contribution < -0.4 is 10.6 Å². The van der Waals surface area contributed by atoms with E-state index in [0.29, 0.717) is 41.7 Å². The molecule has 4 heterocycles. The number of imide groups is 2. The number of allylic oxidation sites excluding steroid dienone is 1. The van der Waals surface area contributed by atoms with Crippen molar-refractivity contribution < 1.29 is 37.5 Å². The molecule has 4 aliphatic rings. The van der Waals surface area contributed by atoms with E-state index in [2.05, 4.69) is 58.7 Å². The Morgan fingerprint density at radius 2 is 1.28 bits per heavy atom. The van der Waals surface area contributed by atoms with E-state index in [9.17, 15) is 19.2 Å². The Morgan fingerprint density at radius 3 is 1.80 bits per heavy atom. The molecule has 2 aliphatic heterocycles. The standard InChI is InChI=1S/C23H28N2O4S.C23H26N2O4S/c2*1-14-5-3-7-17(11-14)22-24-19(15(2)29-22)13-28-18-8-4-6-16(12-18)9-10-20-21(26)25-23(27)30-20/h3,5,7,11,16,18,20H,4,6,8-10,12-13H2,1-2H3,(H,25,26,27);3,5,7,10-11,16,18H,4,6,8-9,12-13H2,1-2H3,(H,25,26,27)/b;20-10-. The van der Waals surface area contributed by atoms with E-state index in [1.807, 2.05) is 44.2 Å². The number of carbonyl (C=O) groups excluding carboxylic acids is 4. The molecule has 14 heteroatoms. The lowest BCUT2D eigenvalue weighted by molar-refractivity contribution is -0.119. The van der Waals surface area contributed by atoms with Crippen LogP contribution in [0.2, 0.25) is 0 Å². The SMILES string of the molecule is Cc1cccc(-c2nc(COC3CCCC(C/C=C4\SC(=O)NC4=O)C3)c(C)o2)c1.Cc1cccc(-c2nc(COC3CCCC(CCC4SC(=O)NC4=O)C3)c(C)o2)c1. The van der Waals surface area contributed by atoms with E-state index in [1.165, 1.54) is 11.1 Å². The molecule has 8 rings (SSSR count). The molecule has 4 fully saturated rings. The van der Waals surface area contributed by atoms with Gasteiger partial charge in [-0.1, -0.05) is 72.5 Å². The van der Waals surface area contributed by atoms with Crippen molar-refractivity contribution in [3.63, 3.8) is 0 Å². The first-order chi connectivity index (χ1) is 28.9. The van der Waals surface area contributed by atoms with Crippen molar-refractivity contribution in [3.8, 4) is 22.9 Å². The van der Waals surface area contributed by atoms with Crippen LogP contribution in [0.15, 0.2) is 68.3 Å². The number of ether oxygens (including phenoxy) is 2. The topological polar surface area (TPSA) is 163 Å². The number of benzene rings is 2. The smallest absolute Gasteiger partial charge is 0.290 e. The Kier molecular flexibility index (Phi) is 14.8. The molecule has 0 radical (unpaired) electrons. The molecule has 12 nitrogen and oxygen atoms in total. The molecule has 4 aromatic rings. The summed E-state index contributed by atoms with van der Waals surface area (Å²) in [7, 11) is 0. The number of aromatic nitrogens is 2. The summed E-state index contributed by atoms with van der Waals surface area (Å²) < 4.78 is 24.1. The van der Waals surface area contributed by atoms with Gasteiger partial charge in [-0.2, -0.15) is 0 Å². The summed E-state index contributed by atoms with van der Waals surface area (Å²) in [5.41, 5.74) is 5.99. The van der Waals surface area contributed by atoms with E-state index in [1.54, 1.807) is 0 Å². The van der Waals surface area contributed by atoms with Gasteiger partial charge in [0.05, 0.1) is 35.6 Å². The number of carbonyl (C=O) groups is 4. The second-order valence-electron chi connectivity index (χ2n) is 16.3. The van der Waals surface area contributed by atoms with E-state index in [-0.39, 0.29) is 39.8 Å². The third kappa shape index (κ3) is 11.9. The molecule has 4 amide bonds. The van der Waals surface area contributed by atoms with Gasteiger partial charge in [0.15, 0.2) is 0 Å². The predicted molar refractivity (Wildman–Crippen MR) is 232 cm³/mol. The average molecular weight is 855 g/mol. The van der Waals surface area contributed by atoms with Gasteiger partial charge in [0.25, 0.3) is 16.4 Å². The van der Waals surface area contributed by atoms with Gasteiger partial charge in [-0.25, -0.2) is 9.97 Å². The van der Waals surface area contributed by atoms with Crippen LogP contribution in [0, 0.1) is 39.5 Å². The van der Waals surface area contributed by atoms with Crippen LogP contribution in [0.4, 0.5) is 9.59 Å². The highest BCUT2D eigenvalue weighted by atomic mass is 32.2. The molecular formula is C46H54N4O8S2. The Balaban J connectivity index is 0.000000181. The summed E-state index contributed by atoms with van der Waals surface area (Å²) in [5, 5.41) is 3.94. The van der Waals surface area contributed by atoms with Crippen LogP contribution in [0.3, 0.4) is 0 Å². The summed E-state index contributed by atoms with van der Waals surface area (Å²) in [4.78, 5) is 55.8. The maximum atomic E-state index is 11.7. The molecule has 2 N–H and O–H groups in total. The van der Waals surface area contributed by atoms with Crippen molar-refractivity contribution >= 4 is 45.8 Å². The number of oxazole rings is 2. The fourth-order valence-electron chi connectivity index (χ4n) is 8.29. The van der Waals surface area contributed by atoms with Crippen molar-refractivity contribution in [3.05, 3.63) is 93.5 Å². The van der Waals surface area contributed by atoms with Crippen molar-refractivity contribution in [2.45, 2.75) is 129 Å².